The molecule has 1 atom stereocenters. The van der Waals surface area contributed by atoms with Crippen LogP contribution in [0.15, 0.2) is 18.3 Å². The second-order valence-corrected chi connectivity index (χ2v) is 5.61. The maximum atomic E-state index is 3.64. The van der Waals surface area contributed by atoms with Crippen LogP contribution in [0.2, 0.25) is 0 Å². The molecule has 1 aromatic carbocycles. The third-order valence-electron chi connectivity index (χ3n) is 4.21. The number of nitrogens with one attached hydrogen (secondary N) is 2. The zero-order chi connectivity index (χ0) is 12.5. The van der Waals surface area contributed by atoms with Crippen molar-refractivity contribution in [3.63, 3.8) is 0 Å². The molecule has 2 nitrogen and oxygen atoms in total. The summed E-state index contributed by atoms with van der Waals surface area (Å²) in [6.07, 6.45) is 7.39. The summed E-state index contributed by atoms with van der Waals surface area (Å²) < 4.78 is 0. The van der Waals surface area contributed by atoms with Crippen LogP contribution in [0.4, 0.5) is 0 Å². The average molecular weight is 242 g/mol. The van der Waals surface area contributed by atoms with Crippen LogP contribution in [0.3, 0.4) is 0 Å². The molecule has 96 valence electrons. The third kappa shape index (κ3) is 2.05. The van der Waals surface area contributed by atoms with Crippen molar-refractivity contribution in [1.82, 2.24) is 10.3 Å². The lowest BCUT2D eigenvalue weighted by Gasteiger charge is -2.23. The fourth-order valence-electron chi connectivity index (χ4n) is 3.17. The van der Waals surface area contributed by atoms with Crippen molar-refractivity contribution >= 4 is 10.9 Å². The average Bonchev–Trinajstić information content (AvgIpc) is 2.80. The Morgan fingerprint density at radius 2 is 2.00 bits per heavy atom. The molecule has 0 bridgehead atoms. The van der Waals surface area contributed by atoms with E-state index in [4.69, 9.17) is 0 Å². The van der Waals surface area contributed by atoms with Crippen molar-refractivity contribution in [1.29, 1.82) is 0 Å². The number of H-pyrrole nitrogens is 1. The van der Waals surface area contributed by atoms with Crippen LogP contribution in [-0.2, 0) is 6.42 Å². The molecule has 3 rings (SSSR count). The number of hydrogen-bond acceptors (Lipinski definition) is 1. The Morgan fingerprint density at radius 1 is 1.17 bits per heavy atom. The highest BCUT2D eigenvalue weighted by molar-refractivity contribution is 5.89. The minimum atomic E-state index is 0.665. The Hall–Kier alpha value is -1.28. The van der Waals surface area contributed by atoms with Gasteiger partial charge in [0.1, 0.15) is 0 Å². The van der Waals surface area contributed by atoms with E-state index in [0.717, 1.165) is 6.42 Å². The molecule has 0 radical (unpaired) electrons. The molecule has 0 aliphatic carbocycles. The van der Waals surface area contributed by atoms with Crippen molar-refractivity contribution in [3.8, 4) is 0 Å². The van der Waals surface area contributed by atoms with Crippen LogP contribution in [0, 0.1) is 13.8 Å². The molecule has 0 amide bonds. The predicted octanol–water partition coefficient (Wildman–Crippen LogP) is 3.47. The normalized spacial score (nSPS) is 20.4. The Kier molecular flexibility index (Phi) is 3.13. The molecule has 2 aromatic rings. The van der Waals surface area contributed by atoms with Crippen molar-refractivity contribution in [2.24, 2.45) is 0 Å². The SMILES string of the molecule is Cc1ccc(C)c2c(CC3CCCCN3)c[nH]c12. The fourth-order valence-corrected chi connectivity index (χ4v) is 3.17. The zero-order valence-corrected chi connectivity index (χ0v) is 11.3. The van der Waals surface area contributed by atoms with E-state index in [2.05, 4.69) is 42.5 Å². The highest BCUT2D eigenvalue weighted by Gasteiger charge is 2.16. The molecule has 2 heteroatoms. The van der Waals surface area contributed by atoms with Crippen LogP contribution in [-0.4, -0.2) is 17.6 Å². The number of rotatable bonds is 2. The van der Waals surface area contributed by atoms with Crippen molar-refractivity contribution < 1.29 is 0 Å². The molecule has 1 aromatic heterocycles. The molecule has 1 aliphatic heterocycles. The van der Waals surface area contributed by atoms with E-state index >= 15 is 0 Å². The van der Waals surface area contributed by atoms with Gasteiger partial charge in [0.2, 0.25) is 0 Å². The highest BCUT2D eigenvalue weighted by atomic mass is 14.9. The molecule has 0 saturated carbocycles. The summed E-state index contributed by atoms with van der Waals surface area (Å²) in [5, 5.41) is 5.09. The van der Waals surface area contributed by atoms with Gasteiger partial charge in [-0.1, -0.05) is 18.6 Å². The predicted molar refractivity (Wildman–Crippen MR) is 77.1 cm³/mol. The Morgan fingerprint density at radius 3 is 2.78 bits per heavy atom. The molecule has 2 heterocycles. The lowest BCUT2D eigenvalue weighted by molar-refractivity contribution is 0.400. The number of aromatic amines is 1. The summed E-state index contributed by atoms with van der Waals surface area (Å²) in [6, 6.07) is 5.11. The molecule has 18 heavy (non-hydrogen) atoms. The van der Waals surface area contributed by atoms with Crippen LogP contribution in [0.25, 0.3) is 10.9 Å². The first-order valence-electron chi connectivity index (χ1n) is 7.05. The molecule has 1 aliphatic rings. The van der Waals surface area contributed by atoms with E-state index in [9.17, 15) is 0 Å². The molecular formula is C16H22N2. The van der Waals surface area contributed by atoms with Gasteiger partial charge < -0.3 is 10.3 Å². The number of benzene rings is 1. The van der Waals surface area contributed by atoms with Gasteiger partial charge in [-0.2, -0.15) is 0 Å². The highest BCUT2D eigenvalue weighted by Crippen LogP contribution is 2.27. The summed E-state index contributed by atoms with van der Waals surface area (Å²) in [6.45, 7) is 5.58. The van der Waals surface area contributed by atoms with Crippen molar-refractivity contribution in [2.75, 3.05) is 6.54 Å². The first-order chi connectivity index (χ1) is 8.75. The number of hydrogen-bond donors (Lipinski definition) is 2. The van der Waals surface area contributed by atoms with E-state index < -0.39 is 0 Å². The van der Waals surface area contributed by atoms with Gasteiger partial charge in [0.15, 0.2) is 0 Å². The second-order valence-electron chi connectivity index (χ2n) is 5.61. The molecular weight excluding hydrogens is 220 g/mol. The van der Waals surface area contributed by atoms with E-state index in [1.165, 1.54) is 53.4 Å². The monoisotopic (exact) mass is 242 g/mol. The summed E-state index contributed by atoms with van der Waals surface area (Å²) >= 11 is 0. The van der Waals surface area contributed by atoms with Gasteiger partial charge in [0.05, 0.1) is 0 Å². The summed E-state index contributed by atoms with van der Waals surface area (Å²) in [5.41, 5.74) is 5.53. The van der Waals surface area contributed by atoms with Crippen LogP contribution >= 0.6 is 0 Å². The summed E-state index contributed by atoms with van der Waals surface area (Å²) in [5.74, 6) is 0. The second kappa shape index (κ2) is 4.77. The maximum absolute atomic E-state index is 3.64. The molecule has 1 saturated heterocycles. The van der Waals surface area contributed by atoms with Crippen LogP contribution < -0.4 is 5.32 Å². The zero-order valence-electron chi connectivity index (χ0n) is 11.3. The lowest BCUT2D eigenvalue weighted by Crippen LogP contribution is -2.35. The summed E-state index contributed by atoms with van der Waals surface area (Å²) in [4.78, 5) is 3.46. The number of aryl methyl sites for hydroxylation is 2. The quantitative estimate of drug-likeness (QED) is 0.829. The maximum Gasteiger partial charge on any atom is 0.0489 e. The smallest absolute Gasteiger partial charge is 0.0489 e. The van der Waals surface area contributed by atoms with E-state index in [1.807, 2.05) is 0 Å². The van der Waals surface area contributed by atoms with Crippen molar-refractivity contribution in [2.45, 2.75) is 45.6 Å². The van der Waals surface area contributed by atoms with Gasteiger partial charge in [-0.3, -0.25) is 0 Å². The first kappa shape index (κ1) is 11.8. The standard InChI is InChI=1S/C16H22N2/c1-11-6-7-12(2)16-15(11)13(10-18-16)9-14-5-3-4-8-17-14/h6-7,10,14,17-18H,3-5,8-9H2,1-2H3. The first-order valence-corrected chi connectivity index (χ1v) is 7.05. The number of piperidine rings is 1. The third-order valence-corrected chi connectivity index (χ3v) is 4.21. The molecule has 0 spiro atoms. The lowest BCUT2D eigenvalue weighted by atomic mass is 9.95. The van der Waals surface area contributed by atoms with Gasteiger partial charge >= 0.3 is 0 Å². The van der Waals surface area contributed by atoms with Gasteiger partial charge in [-0.05, 0) is 56.3 Å². The topological polar surface area (TPSA) is 27.8 Å². The van der Waals surface area contributed by atoms with Gasteiger partial charge in [0, 0.05) is 23.1 Å². The molecule has 2 N–H and O–H groups in total. The van der Waals surface area contributed by atoms with E-state index in [0.29, 0.717) is 6.04 Å². The van der Waals surface area contributed by atoms with E-state index in [1.54, 1.807) is 0 Å². The van der Waals surface area contributed by atoms with Crippen molar-refractivity contribution in [3.05, 3.63) is 35.0 Å². The minimum absolute atomic E-state index is 0.665. The van der Waals surface area contributed by atoms with Gasteiger partial charge in [-0.15, -0.1) is 0 Å². The largest absolute Gasteiger partial charge is 0.361 e. The Labute approximate surface area is 109 Å². The van der Waals surface area contributed by atoms with Gasteiger partial charge in [0.25, 0.3) is 0 Å². The molecule has 1 fully saturated rings. The number of aromatic nitrogens is 1. The summed E-state index contributed by atoms with van der Waals surface area (Å²) in [7, 11) is 0. The van der Waals surface area contributed by atoms with Gasteiger partial charge in [-0.25, -0.2) is 0 Å². The van der Waals surface area contributed by atoms with Crippen LogP contribution in [0.1, 0.15) is 36.0 Å². The van der Waals surface area contributed by atoms with Crippen LogP contribution in [0.5, 0.6) is 0 Å². The Bertz CT molecular complexity index is 547. The Balaban J connectivity index is 1.94. The fraction of sp³-hybridized carbons (Fsp3) is 0.500. The van der Waals surface area contributed by atoms with E-state index in [-0.39, 0.29) is 0 Å². The number of fused-ring (bicyclic) bond motifs is 1. The minimum Gasteiger partial charge on any atom is -0.361 e. The molecule has 1 unspecified atom stereocenters.